The lowest BCUT2D eigenvalue weighted by Gasteiger charge is -2.24. The number of unbranched alkanes of at least 4 members (excludes halogenated alkanes) is 1. The molecule has 0 aliphatic carbocycles. The van der Waals surface area contributed by atoms with E-state index < -0.39 is 0 Å². The molecule has 0 saturated heterocycles. The molecule has 0 heterocycles. The molecule has 2 N–H and O–H groups in total. The van der Waals surface area contributed by atoms with Gasteiger partial charge in [-0.05, 0) is 45.1 Å². The van der Waals surface area contributed by atoms with Crippen LogP contribution in [0.3, 0.4) is 0 Å². The molecule has 1 rings (SSSR count). The fourth-order valence-corrected chi connectivity index (χ4v) is 2.72. The number of hydrogen-bond acceptors (Lipinski definition) is 5. The van der Waals surface area contributed by atoms with Crippen molar-refractivity contribution in [2.75, 3.05) is 67.3 Å². The number of benzene rings is 1. The zero-order valence-corrected chi connectivity index (χ0v) is 18.9. The van der Waals surface area contributed by atoms with E-state index in [2.05, 4.69) is 55.6 Å². The quantitative estimate of drug-likeness (QED) is 0.264. The Hall–Kier alpha value is -1.83. The molecule has 7 nitrogen and oxygen atoms in total. The average Bonchev–Trinajstić information content (AvgIpc) is 2.72. The van der Waals surface area contributed by atoms with Crippen LogP contribution in [-0.4, -0.2) is 78.1 Å². The summed E-state index contributed by atoms with van der Waals surface area (Å²) in [4.78, 5) is 6.94. The second-order valence-electron chi connectivity index (χ2n) is 6.98. The smallest absolute Gasteiger partial charge is 0.191 e. The second kappa shape index (κ2) is 16.0. The van der Waals surface area contributed by atoms with Crippen LogP contribution in [0.1, 0.15) is 38.3 Å². The van der Waals surface area contributed by atoms with Crippen LogP contribution in [0.5, 0.6) is 5.75 Å². The summed E-state index contributed by atoms with van der Waals surface area (Å²) in [6.45, 7) is 9.11. The average molecular weight is 409 g/mol. The van der Waals surface area contributed by atoms with Crippen molar-refractivity contribution in [1.82, 2.24) is 15.5 Å². The van der Waals surface area contributed by atoms with E-state index in [1.807, 2.05) is 12.1 Å². The van der Waals surface area contributed by atoms with Gasteiger partial charge in [-0.1, -0.05) is 25.5 Å². The number of hydrogen-bond donors (Lipinski definition) is 2. The van der Waals surface area contributed by atoms with Gasteiger partial charge in [-0.25, -0.2) is 0 Å². The van der Waals surface area contributed by atoms with E-state index in [0.717, 1.165) is 37.7 Å². The predicted molar refractivity (Wildman–Crippen MR) is 120 cm³/mol. The number of nitrogens with zero attached hydrogens (tertiary/aromatic N) is 2. The van der Waals surface area contributed by atoms with Crippen LogP contribution in [0.25, 0.3) is 0 Å². The van der Waals surface area contributed by atoms with Crippen molar-refractivity contribution >= 4 is 5.96 Å². The third-order valence-corrected chi connectivity index (χ3v) is 4.44. The number of methoxy groups -OCH3 is 1. The zero-order chi connectivity index (χ0) is 21.3. The van der Waals surface area contributed by atoms with Gasteiger partial charge in [0.05, 0.1) is 39.5 Å². The van der Waals surface area contributed by atoms with Gasteiger partial charge in [0.1, 0.15) is 5.75 Å². The molecule has 29 heavy (non-hydrogen) atoms. The van der Waals surface area contributed by atoms with E-state index in [9.17, 15) is 0 Å². The van der Waals surface area contributed by atoms with Crippen LogP contribution in [-0.2, 0) is 9.47 Å². The summed E-state index contributed by atoms with van der Waals surface area (Å²) in [5.74, 6) is 1.66. The molecule has 1 atom stereocenters. The van der Waals surface area contributed by atoms with E-state index in [-0.39, 0.29) is 6.04 Å². The number of aliphatic imine (C=N–C) groups is 1. The Morgan fingerprint density at radius 2 is 1.69 bits per heavy atom. The Morgan fingerprint density at radius 3 is 2.28 bits per heavy atom. The van der Waals surface area contributed by atoms with E-state index in [0.29, 0.717) is 32.9 Å². The number of ether oxygens (including phenoxy) is 3. The zero-order valence-electron chi connectivity index (χ0n) is 18.9. The molecule has 1 unspecified atom stereocenters. The molecular weight excluding hydrogens is 368 g/mol. The third kappa shape index (κ3) is 11.1. The third-order valence-electron chi connectivity index (χ3n) is 4.44. The van der Waals surface area contributed by atoms with Crippen LogP contribution in [0.4, 0.5) is 0 Å². The molecule has 0 bridgehead atoms. The van der Waals surface area contributed by atoms with Gasteiger partial charge in [0.2, 0.25) is 0 Å². The number of guanidine groups is 1. The standard InChI is InChI=1S/C22H40N4O3/c1-6-8-14-28-16-17-29-15-13-24-22(23-7-2)25-18-21(26(3)4)19-9-11-20(27-5)12-10-19/h9-12,21H,6-8,13-18H2,1-5H3,(H2,23,24,25). The molecule has 1 aromatic rings. The number of nitrogens with one attached hydrogen (secondary N) is 2. The van der Waals surface area contributed by atoms with Crippen molar-refractivity contribution < 1.29 is 14.2 Å². The molecule has 0 radical (unpaired) electrons. The number of likely N-dealkylation sites (N-methyl/N-ethyl adjacent to an activating group) is 1. The summed E-state index contributed by atoms with van der Waals surface area (Å²) in [5.41, 5.74) is 1.21. The van der Waals surface area contributed by atoms with Gasteiger partial charge in [0.25, 0.3) is 0 Å². The Kier molecular flexibility index (Phi) is 13.9. The fourth-order valence-electron chi connectivity index (χ4n) is 2.72. The van der Waals surface area contributed by atoms with Gasteiger partial charge in [0.15, 0.2) is 5.96 Å². The van der Waals surface area contributed by atoms with Crippen LogP contribution in [0, 0.1) is 0 Å². The summed E-state index contributed by atoms with van der Waals surface area (Å²) >= 11 is 0. The van der Waals surface area contributed by atoms with Crippen molar-refractivity contribution in [1.29, 1.82) is 0 Å². The lowest BCUT2D eigenvalue weighted by molar-refractivity contribution is 0.0487. The summed E-state index contributed by atoms with van der Waals surface area (Å²) < 4.78 is 16.4. The van der Waals surface area contributed by atoms with Crippen LogP contribution >= 0.6 is 0 Å². The minimum absolute atomic E-state index is 0.188. The Bertz CT molecular complexity index is 549. The molecule has 0 fully saturated rings. The largest absolute Gasteiger partial charge is 0.497 e. The summed E-state index contributed by atoms with van der Waals surface area (Å²) in [5, 5.41) is 6.62. The predicted octanol–water partition coefficient (Wildman–Crippen LogP) is 2.69. The fraction of sp³-hybridized carbons (Fsp3) is 0.682. The van der Waals surface area contributed by atoms with Crippen LogP contribution < -0.4 is 15.4 Å². The van der Waals surface area contributed by atoms with Crippen molar-refractivity contribution in [2.45, 2.75) is 32.7 Å². The van der Waals surface area contributed by atoms with E-state index in [1.165, 1.54) is 5.56 Å². The first-order valence-electron chi connectivity index (χ1n) is 10.6. The lowest BCUT2D eigenvalue weighted by atomic mass is 10.1. The van der Waals surface area contributed by atoms with Crippen molar-refractivity contribution in [3.63, 3.8) is 0 Å². The topological polar surface area (TPSA) is 67.3 Å². The Labute approximate surface area is 176 Å². The minimum atomic E-state index is 0.188. The first-order valence-corrected chi connectivity index (χ1v) is 10.6. The van der Waals surface area contributed by atoms with Crippen molar-refractivity contribution in [3.8, 4) is 5.75 Å². The molecule has 0 aromatic heterocycles. The molecule has 0 aliphatic heterocycles. The van der Waals surface area contributed by atoms with E-state index in [4.69, 9.17) is 19.2 Å². The highest BCUT2D eigenvalue weighted by molar-refractivity contribution is 5.79. The number of rotatable bonds is 15. The lowest BCUT2D eigenvalue weighted by Crippen LogP contribution is -2.39. The summed E-state index contributed by atoms with van der Waals surface area (Å²) in [7, 11) is 5.82. The molecule has 0 saturated carbocycles. The first kappa shape index (κ1) is 25.2. The van der Waals surface area contributed by atoms with Gasteiger partial charge < -0.3 is 29.7 Å². The van der Waals surface area contributed by atoms with Gasteiger partial charge in [0, 0.05) is 19.7 Å². The molecule has 7 heteroatoms. The molecular formula is C22H40N4O3. The highest BCUT2D eigenvalue weighted by Gasteiger charge is 2.14. The first-order chi connectivity index (χ1) is 14.1. The van der Waals surface area contributed by atoms with Crippen molar-refractivity contribution in [3.05, 3.63) is 29.8 Å². The Balaban J connectivity index is 2.45. The van der Waals surface area contributed by atoms with Gasteiger partial charge in [-0.15, -0.1) is 0 Å². The monoisotopic (exact) mass is 408 g/mol. The molecule has 166 valence electrons. The normalized spacial score (nSPS) is 12.8. The summed E-state index contributed by atoms with van der Waals surface area (Å²) in [6, 6.07) is 8.35. The molecule has 0 amide bonds. The van der Waals surface area contributed by atoms with E-state index in [1.54, 1.807) is 7.11 Å². The molecule has 1 aromatic carbocycles. The molecule has 0 aliphatic rings. The Morgan fingerprint density at radius 1 is 1.00 bits per heavy atom. The van der Waals surface area contributed by atoms with Gasteiger partial charge in [-0.3, -0.25) is 4.99 Å². The SMILES string of the molecule is CCCCOCCOCCNC(=NCC(c1ccc(OC)cc1)N(C)C)NCC. The highest BCUT2D eigenvalue weighted by Crippen LogP contribution is 2.21. The van der Waals surface area contributed by atoms with Crippen molar-refractivity contribution in [2.24, 2.45) is 4.99 Å². The van der Waals surface area contributed by atoms with Crippen LogP contribution in [0.2, 0.25) is 0 Å². The maximum Gasteiger partial charge on any atom is 0.191 e. The highest BCUT2D eigenvalue weighted by atomic mass is 16.5. The second-order valence-corrected chi connectivity index (χ2v) is 6.98. The van der Waals surface area contributed by atoms with Crippen LogP contribution in [0.15, 0.2) is 29.3 Å². The maximum atomic E-state index is 5.61. The minimum Gasteiger partial charge on any atom is -0.497 e. The maximum absolute atomic E-state index is 5.61. The summed E-state index contributed by atoms with van der Waals surface area (Å²) in [6.07, 6.45) is 2.26. The molecule has 0 spiro atoms. The van der Waals surface area contributed by atoms with Gasteiger partial charge in [-0.2, -0.15) is 0 Å². The van der Waals surface area contributed by atoms with Gasteiger partial charge >= 0.3 is 0 Å². The van der Waals surface area contributed by atoms with E-state index >= 15 is 0 Å².